The van der Waals surface area contributed by atoms with E-state index in [0.29, 0.717) is 12.0 Å². The summed E-state index contributed by atoms with van der Waals surface area (Å²) in [6.07, 6.45) is 1.18. The van der Waals surface area contributed by atoms with Gasteiger partial charge in [0.1, 0.15) is 0 Å². The minimum absolute atomic E-state index is 0.612. The number of hydrogen-bond donors (Lipinski definition) is 1. The summed E-state index contributed by atoms with van der Waals surface area (Å²) in [7, 11) is 0. The molecule has 0 spiro atoms. The Hall–Kier alpha value is -0.220. The standard InChI is InChI=1S/C11H22N2OS/c1-4-10-8-15-11(13-10)12-5-6-14-7-9(2)3/h9-10H,4-8H2,1-3H3,(H,12,13). The molecule has 1 aliphatic heterocycles. The maximum Gasteiger partial charge on any atom is 0.156 e. The highest BCUT2D eigenvalue weighted by Gasteiger charge is 2.17. The molecule has 0 aliphatic carbocycles. The molecular weight excluding hydrogens is 208 g/mol. The Balaban J connectivity index is 2.06. The molecule has 1 unspecified atom stereocenters. The van der Waals surface area contributed by atoms with Crippen molar-refractivity contribution in [2.75, 3.05) is 25.5 Å². The van der Waals surface area contributed by atoms with Crippen LogP contribution in [0.5, 0.6) is 0 Å². The zero-order valence-electron chi connectivity index (χ0n) is 9.95. The molecule has 1 aliphatic rings. The average molecular weight is 230 g/mol. The van der Waals surface area contributed by atoms with E-state index in [4.69, 9.17) is 4.74 Å². The molecule has 0 radical (unpaired) electrons. The van der Waals surface area contributed by atoms with Crippen LogP contribution in [0, 0.1) is 5.92 Å². The zero-order chi connectivity index (χ0) is 11.1. The molecule has 0 amide bonds. The Labute approximate surface area is 97.1 Å². The molecule has 1 N–H and O–H groups in total. The van der Waals surface area contributed by atoms with Crippen LogP contribution in [0.1, 0.15) is 27.2 Å². The van der Waals surface area contributed by atoms with Crippen LogP contribution in [-0.2, 0) is 4.74 Å². The number of aliphatic imine (C=N–C) groups is 1. The number of amidine groups is 1. The van der Waals surface area contributed by atoms with Gasteiger partial charge in [0.05, 0.1) is 13.2 Å². The van der Waals surface area contributed by atoms with Crippen molar-refractivity contribution in [3.8, 4) is 0 Å². The SMILES string of the molecule is CCC1CSC(=NCCOCC(C)C)N1. The van der Waals surface area contributed by atoms with Gasteiger partial charge in [0.15, 0.2) is 5.17 Å². The second kappa shape index (κ2) is 7.12. The first-order valence-corrected chi connectivity index (χ1v) is 6.72. The van der Waals surface area contributed by atoms with Crippen LogP contribution >= 0.6 is 11.8 Å². The molecule has 3 nitrogen and oxygen atoms in total. The first-order valence-electron chi connectivity index (χ1n) is 5.74. The first-order chi connectivity index (χ1) is 7.22. The van der Waals surface area contributed by atoms with Crippen molar-refractivity contribution in [3.05, 3.63) is 0 Å². The van der Waals surface area contributed by atoms with E-state index >= 15 is 0 Å². The summed E-state index contributed by atoms with van der Waals surface area (Å²) in [6.45, 7) is 8.87. The normalized spacial score (nSPS) is 23.7. The number of ether oxygens (including phenoxy) is 1. The summed E-state index contributed by atoms with van der Waals surface area (Å²) in [5.74, 6) is 1.77. The lowest BCUT2D eigenvalue weighted by molar-refractivity contribution is 0.117. The van der Waals surface area contributed by atoms with Crippen LogP contribution in [0.4, 0.5) is 0 Å². The van der Waals surface area contributed by atoms with E-state index in [1.807, 2.05) is 11.8 Å². The number of hydrogen-bond acceptors (Lipinski definition) is 3. The molecule has 15 heavy (non-hydrogen) atoms. The number of nitrogens with one attached hydrogen (secondary N) is 1. The average Bonchev–Trinajstić information content (AvgIpc) is 2.65. The highest BCUT2D eigenvalue weighted by Crippen LogP contribution is 2.15. The molecule has 88 valence electrons. The van der Waals surface area contributed by atoms with Gasteiger partial charge in [-0.25, -0.2) is 0 Å². The number of thioether (sulfide) groups is 1. The molecule has 4 heteroatoms. The van der Waals surface area contributed by atoms with Crippen LogP contribution in [0.25, 0.3) is 0 Å². The fraction of sp³-hybridized carbons (Fsp3) is 0.909. The Kier molecular flexibility index (Phi) is 6.10. The molecule has 0 aromatic rings. The van der Waals surface area contributed by atoms with Crippen molar-refractivity contribution < 1.29 is 4.74 Å². The minimum Gasteiger partial charge on any atom is -0.379 e. The van der Waals surface area contributed by atoms with Crippen molar-refractivity contribution in [1.82, 2.24) is 5.32 Å². The van der Waals surface area contributed by atoms with Crippen LogP contribution in [0.2, 0.25) is 0 Å². The Morgan fingerprint density at radius 1 is 1.60 bits per heavy atom. The van der Waals surface area contributed by atoms with Gasteiger partial charge >= 0.3 is 0 Å². The predicted octanol–water partition coefficient (Wildman–Crippen LogP) is 2.13. The van der Waals surface area contributed by atoms with E-state index in [9.17, 15) is 0 Å². The quantitative estimate of drug-likeness (QED) is 0.710. The van der Waals surface area contributed by atoms with Crippen LogP contribution in [-0.4, -0.2) is 36.7 Å². The molecule has 1 atom stereocenters. The van der Waals surface area contributed by atoms with Gasteiger partial charge < -0.3 is 10.1 Å². The van der Waals surface area contributed by atoms with Gasteiger partial charge in [-0.2, -0.15) is 0 Å². The fourth-order valence-corrected chi connectivity index (χ4v) is 2.39. The third-order valence-corrected chi connectivity index (χ3v) is 3.27. The highest BCUT2D eigenvalue weighted by molar-refractivity contribution is 8.14. The molecule has 1 heterocycles. The lowest BCUT2D eigenvalue weighted by atomic mass is 10.2. The van der Waals surface area contributed by atoms with Crippen molar-refractivity contribution in [2.24, 2.45) is 10.9 Å². The molecule has 0 aromatic heterocycles. The van der Waals surface area contributed by atoms with Gasteiger partial charge in [0.2, 0.25) is 0 Å². The van der Waals surface area contributed by atoms with E-state index in [-0.39, 0.29) is 0 Å². The third kappa shape index (κ3) is 5.42. The van der Waals surface area contributed by atoms with Gasteiger partial charge in [0, 0.05) is 18.4 Å². The van der Waals surface area contributed by atoms with Gasteiger partial charge in [-0.1, -0.05) is 32.5 Å². The first kappa shape index (κ1) is 12.8. The summed E-state index contributed by atoms with van der Waals surface area (Å²) < 4.78 is 5.46. The number of nitrogens with zero attached hydrogens (tertiary/aromatic N) is 1. The third-order valence-electron chi connectivity index (χ3n) is 2.18. The largest absolute Gasteiger partial charge is 0.379 e. The minimum atomic E-state index is 0.612. The lowest BCUT2D eigenvalue weighted by Gasteiger charge is -2.06. The van der Waals surface area contributed by atoms with Gasteiger partial charge in [-0.15, -0.1) is 0 Å². The van der Waals surface area contributed by atoms with E-state index in [1.54, 1.807) is 0 Å². The van der Waals surface area contributed by atoms with E-state index in [0.717, 1.165) is 30.7 Å². The van der Waals surface area contributed by atoms with E-state index < -0.39 is 0 Å². The fourth-order valence-electron chi connectivity index (χ4n) is 1.28. The second-order valence-corrected chi connectivity index (χ2v) is 5.22. The molecule has 1 saturated heterocycles. The molecule has 0 bridgehead atoms. The molecule has 1 rings (SSSR count). The van der Waals surface area contributed by atoms with Crippen LogP contribution in [0.15, 0.2) is 4.99 Å². The van der Waals surface area contributed by atoms with Gasteiger partial charge in [0.25, 0.3) is 0 Å². The van der Waals surface area contributed by atoms with Crippen molar-refractivity contribution in [2.45, 2.75) is 33.2 Å². The highest BCUT2D eigenvalue weighted by atomic mass is 32.2. The lowest BCUT2D eigenvalue weighted by Crippen LogP contribution is -2.26. The smallest absolute Gasteiger partial charge is 0.156 e. The summed E-state index contributed by atoms with van der Waals surface area (Å²) >= 11 is 1.82. The summed E-state index contributed by atoms with van der Waals surface area (Å²) in [4.78, 5) is 4.46. The zero-order valence-corrected chi connectivity index (χ0v) is 10.8. The molecule has 0 saturated carbocycles. The summed E-state index contributed by atoms with van der Waals surface area (Å²) in [6, 6.07) is 0.616. The van der Waals surface area contributed by atoms with Gasteiger partial charge in [-0.05, 0) is 12.3 Å². The van der Waals surface area contributed by atoms with E-state index in [1.165, 1.54) is 6.42 Å². The topological polar surface area (TPSA) is 33.6 Å². The molecule has 1 fully saturated rings. The van der Waals surface area contributed by atoms with Crippen LogP contribution < -0.4 is 5.32 Å². The molecular formula is C11H22N2OS. The second-order valence-electron chi connectivity index (χ2n) is 4.22. The summed E-state index contributed by atoms with van der Waals surface area (Å²) in [5.41, 5.74) is 0. The van der Waals surface area contributed by atoms with Crippen LogP contribution in [0.3, 0.4) is 0 Å². The maximum absolute atomic E-state index is 5.46. The molecule has 0 aromatic carbocycles. The predicted molar refractivity (Wildman–Crippen MR) is 67.6 cm³/mol. The van der Waals surface area contributed by atoms with Crippen molar-refractivity contribution >= 4 is 16.9 Å². The Bertz CT molecular complexity index is 207. The maximum atomic E-state index is 5.46. The van der Waals surface area contributed by atoms with E-state index in [2.05, 4.69) is 31.1 Å². The van der Waals surface area contributed by atoms with Crippen molar-refractivity contribution in [3.63, 3.8) is 0 Å². The van der Waals surface area contributed by atoms with Crippen molar-refractivity contribution in [1.29, 1.82) is 0 Å². The number of rotatable bonds is 6. The van der Waals surface area contributed by atoms with Gasteiger partial charge in [-0.3, -0.25) is 4.99 Å². The monoisotopic (exact) mass is 230 g/mol. The Morgan fingerprint density at radius 3 is 3.00 bits per heavy atom. The summed E-state index contributed by atoms with van der Waals surface area (Å²) in [5, 5.41) is 4.49. The Morgan fingerprint density at radius 2 is 2.40 bits per heavy atom.